The number of nitriles is 1. The molecule has 0 radical (unpaired) electrons. The molecule has 5 heterocycles. The summed E-state index contributed by atoms with van der Waals surface area (Å²) in [7, 11) is 0. The van der Waals surface area contributed by atoms with Gasteiger partial charge in [0.15, 0.2) is 11.5 Å². The van der Waals surface area contributed by atoms with E-state index < -0.39 is 17.7 Å². The second-order valence-corrected chi connectivity index (χ2v) is 9.25. The van der Waals surface area contributed by atoms with Crippen LogP contribution in [0.25, 0.3) is 16.9 Å². The topological polar surface area (TPSA) is 156 Å². The van der Waals surface area contributed by atoms with E-state index in [0.717, 1.165) is 0 Å². The number of hydrogen-bond acceptors (Lipinski definition) is 9. The van der Waals surface area contributed by atoms with Crippen LogP contribution in [0.5, 0.6) is 0 Å². The van der Waals surface area contributed by atoms with Gasteiger partial charge in [0.2, 0.25) is 0 Å². The molecule has 0 spiro atoms. The Morgan fingerprint density at radius 2 is 2.08 bits per heavy atom. The van der Waals surface area contributed by atoms with Crippen molar-refractivity contribution in [3.8, 4) is 11.9 Å². The number of fused-ring (bicyclic) bond motifs is 1. The van der Waals surface area contributed by atoms with E-state index >= 15 is 0 Å². The molecular formula is C24H24FN9O3. The number of anilines is 2. The van der Waals surface area contributed by atoms with Crippen LogP contribution in [-0.4, -0.2) is 72.1 Å². The highest BCUT2D eigenvalue weighted by molar-refractivity contribution is 6.00. The van der Waals surface area contributed by atoms with Crippen LogP contribution in [0.2, 0.25) is 0 Å². The van der Waals surface area contributed by atoms with Crippen molar-refractivity contribution >= 4 is 28.3 Å². The lowest BCUT2D eigenvalue weighted by atomic mass is 10.0. The lowest BCUT2D eigenvalue weighted by Gasteiger charge is -2.25. The number of pyridine rings is 2. The van der Waals surface area contributed by atoms with Gasteiger partial charge in [-0.15, -0.1) is 0 Å². The van der Waals surface area contributed by atoms with E-state index in [9.17, 15) is 14.3 Å². The Morgan fingerprint density at radius 3 is 2.78 bits per heavy atom. The minimum absolute atomic E-state index is 0.148. The van der Waals surface area contributed by atoms with Crippen molar-refractivity contribution in [2.75, 3.05) is 25.1 Å². The fourth-order valence-corrected chi connectivity index (χ4v) is 3.66. The highest BCUT2D eigenvalue weighted by atomic mass is 19.1. The summed E-state index contributed by atoms with van der Waals surface area (Å²) in [5.74, 6) is -0.207. The van der Waals surface area contributed by atoms with E-state index in [0.29, 0.717) is 47.0 Å². The minimum Gasteiger partial charge on any atom is -0.387 e. The summed E-state index contributed by atoms with van der Waals surface area (Å²) in [5, 5.41) is 34.0. The zero-order valence-corrected chi connectivity index (χ0v) is 20.1. The highest BCUT2D eigenvalue weighted by Crippen LogP contribution is 2.26. The standard InChI is InChI=1S/C24H24FN9O3/c1-24(2,36)20(25)10-29-23(35)18-9-27-21(34-22-15(7-31-34)3-14(5-26)6-28-22)4-19(18)32-16-8-30-33(11-16)17-12-37-13-17/h3-4,6-9,11,17,20,36H,10,12-13H2,1-2H3,(H,27,32)(H,29,35). The fraction of sp³-hybridized carbons (Fsp3) is 0.333. The Kier molecular flexibility index (Phi) is 6.28. The summed E-state index contributed by atoms with van der Waals surface area (Å²) in [6.07, 6.45) is 6.13. The van der Waals surface area contributed by atoms with Crippen LogP contribution in [0, 0.1) is 11.3 Å². The molecule has 13 heteroatoms. The molecule has 1 aliphatic rings. The first-order valence-corrected chi connectivity index (χ1v) is 11.5. The van der Waals surface area contributed by atoms with Gasteiger partial charge >= 0.3 is 0 Å². The van der Waals surface area contributed by atoms with Crippen LogP contribution >= 0.6 is 0 Å². The summed E-state index contributed by atoms with van der Waals surface area (Å²) in [4.78, 5) is 21.7. The third kappa shape index (κ3) is 4.97. The molecule has 4 aromatic heterocycles. The molecule has 3 N–H and O–H groups in total. The third-order valence-electron chi connectivity index (χ3n) is 5.97. The summed E-state index contributed by atoms with van der Waals surface area (Å²) in [6.45, 7) is 3.44. The van der Waals surface area contributed by atoms with E-state index in [1.807, 2.05) is 6.07 Å². The van der Waals surface area contributed by atoms with Crippen molar-refractivity contribution in [1.29, 1.82) is 5.26 Å². The van der Waals surface area contributed by atoms with Crippen LogP contribution in [0.4, 0.5) is 15.8 Å². The van der Waals surface area contributed by atoms with Gasteiger partial charge in [0.05, 0.1) is 66.3 Å². The Labute approximate surface area is 210 Å². The van der Waals surface area contributed by atoms with Crippen LogP contribution < -0.4 is 10.6 Å². The van der Waals surface area contributed by atoms with Gasteiger partial charge in [-0.25, -0.2) is 14.4 Å². The molecule has 190 valence electrons. The number of aliphatic hydroxyl groups is 1. The van der Waals surface area contributed by atoms with Crippen molar-refractivity contribution in [1.82, 2.24) is 34.8 Å². The predicted octanol–water partition coefficient (Wildman–Crippen LogP) is 2.04. The van der Waals surface area contributed by atoms with E-state index in [1.54, 1.807) is 35.4 Å². The molecule has 1 fully saturated rings. The molecule has 0 bridgehead atoms. The first-order chi connectivity index (χ1) is 17.7. The van der Waals surface area contributed by atoms with Gasteiger partial charge in [-0.2, -0.15) is 20.1 Å². The quantitative estimate of drug-likeness (QED) is 0.326. The van der Waals surface area contributed by atoms with Gasteiger partial charge in [-0.3, -0.25) is 9.48 Å². The molecule has 1 saturated heterocycles. The predicted molar refractivity (Wildman–Crippen MR) is 130 cm³/mol. The summed E-state index contributed by atoms with van der Waals surface area (Å²) < 4.78 is 22.7. The molecule has 12 nitrogen and oxygen atoms in total. The number of halogens is 1. The average Bonchev–Trinajstić information content (AvgIpc) is 3.47. The number of rotatable bonds is 8. The van der Waals surface area contributed by atoms with Crippen molar-refractivity contribution in [3.05, 3.63) is 54.2 Å². The minimum atomic E-state index is -1.66. The van der Waals surface area contributed by atoms with Crippen molar-refractivity contribution < 1.29 is 19.0 Å². The average molecular weight is 506 g/mol. The fourth-order valence-electron chi connectivity index (χ4n) is 3.66. The van der Waals surface area contributed by atoms with E-state index in [4.69, 9.17) is 10.00 Å². The van der Waals surface area contributed by atoms with Gasteiger partial charge in [-0.1, -0.05) is 0 Å². The zero-order chi connectivity index (χ0) is 26.2. The van der Waals surface area contributed by atoms with Gasteiger partial charge in [-0.05, 0) is 19.9 Å². The molecule has 37 heavy (non-hydrogen) atoms. The molecule has 1 unspecified atom stereocenters. The van der Waals surface area contributed by atoms with Crippen LogP contribution in [0.1, 0.15) is 35.8 Å². The number of alkyl halides is 1. The van der Waals surface area contributed by atoms with Crippen LogP contribution in [-0.2, 0) is 4.74 Å². The lowest BCUT2D eigenvalue weighted by Crippen LogP contribution is -2.42. The van der Waals surface area contributed by atoms with E-state index in [-0.39, 0.29) is 18.2 Å². The number of nitrogens with zero attached hydrogens (tertiary/aromatic N) is 7. The van der Waals surface area contributed by atoms with Gasteiger partial charge in [0.25, 0.3) is 5.91 Å². The number of carbonyl (C=O) groups is 1. The molecule has 0 aliphatic carbocycles. The number of hydrogen-bond donors (Lipinski definition) is 3. The monoisotopic (exact) mass is 505 g/mol. The van der Waals surface area contributed by atoms with Gasteiger partial charge in [0, 0.05) is 30.0 Å². The molecule has 4 aromatic rings. The maximum atomic E-state index is 14.2. The molecule has 1 amide bonds. The van der Waals surface area contributed by atoms with Crippen molar-refractivity contribution in [2.24, 2.45) is 0 Å². The Hall–Kier alpha value is -4.41. The largest absolute Gasteiger partial charge is 0.387 e. The second-order valence-electron chi connectivity index (χ2n) is 9.25. The maximum absolute atomic E-state index is 14.2. The third-order valence-corrected chi connectivity index (χ3v) is 5.97. The number of nitrogens with one attached hydrogen (secondary N) is 2. The SMILES string of the molecule is CC(C)(O)C(F)CNC(=O)c1cnc(-n2ncc3cc(C#N)cnc32)cc1Nc1cnn(C2COC2)c1. The summed E-state index contributed by atoms with van der Waals surface area (Å²) in [6, 6.07) is 5.48. The number of aromatic nitrogens is 6. The van der Waals surface area contributed by atoms with E-state index in [2.05, 4.69) is 30.8 Å². The molecular weight excluding hydrogens is 481 g/mol. The Bertz CT molecular complexity index is 1500. The van der Waals surface area contributed by atoms with Crippen molar-refractivity contribution in [2.45, 2.75) is 31.7 Å². The van der Waals surface area contributed by atoms with Crippen LogP contribution in [0.3, 0.4) is 0 Å². The van der Waals surface area contributed by atoms with E-state index in [1.165, 1.54) is 30.9 Å². The smallest absolute Gasteiger partial charge is 0.255 e. The molecule has 0 aromatic carbocycles. The number of ether oxygens (including phenoxy) is 1. The number of carbonyl (C=O) groups excluding carboxylic acids is 1. The summed E-state index contributed by atoms with van der Waals surface area (Å²) in [5.41, 5.74) is 0.444. The molecule has 1 aliphatic heterocycles. The first kappa shape index (κ1) is 24.3. The molecule has 5 rings (SSSR count). The first-order valence-electron chi connectivity index (χ1n) is 11.5. The zero-order valence-electron chi connectivity index (χ0n) is 20.1. The molecule has 0 saturated carbocycles. The Balaban J connectivity index is 1.48. The highest BCUT2D eigenvalue weighted by Gasteiger charge is 2.27. The Morgan fingerprint density at radius 1 is 1.27 bits per heavy atom. The van der Waals surface area contributed by atoms with Crippen molar-refractivity contribution in [3.63, 3.8) is 0 Å². The lowest BCUT2D eigenvalue weighted by molar-refractivity contribution is -0.0286. The van der Waals surface area contributed by atoms with Gasteiger partial charge < -0.3 is 20.5 Å². The summed E-state index contributed by atoms with van der Waals surface area (Å²) >= 11 is 0. The normalized spacial score (nSPS) is 14.7. The maximum Gasteiger partial charge on any atom is 0.255 e. The molecule has 1 atom stereocenters. The van der Waals surface area contributed by atoms with Gasteiger partial charge in [0.1, 0.15) is 12.2 Å². The second kappa shape index (κ2) is 9.57. The van der Waals surface area contributed by atoms with Crippen LogP contribution in [0.15, 0.2) is 43.1 Å². The number of amides is 1.